The molecule has 0 aromatic heterocycles. The third kappa shape index (κ3) is 1.33. The van der Waals surface area contributed by atoms with E-state index < -0.39 is 5.54 Å². The minimum atomic E-state index is -0.472. The normalized spacial score (nSPS) is 17.5. The summed E-state index contributed by atoms with van der Waals surface area (Å²) in [4.78, 5) is 0. The number of hydrogen-bond donors (Lipinski definition) is 2. The molecule has 1 fully saturated rings. The number of halogens is 1. The van der Waals surface area contributed by atoms with E-state index in [2.05, 4.69) is 0 Å². The van der Waals surface area contributed by atoms with Crippen LogP contribution < -0.4 is 5.73 Å². The molecule has 0 bridgehead atoms. The van der Waals surface area contributed by atoms with Gasteiger partial charge < -0.3 is 10.8 Å². The summed E-state index contributed by atoms with van der Waals surface area (Å²) in [5.74, 6) is 0.00525. The molecule has 0 saturated heterocycles. The molecule has 0 atom stereocenters. The fourth-order valence-electron chi connectivity index (χ4n) is 1.45. The number of nitrogens with two attached hydrogens (primary N) is 1. The Balaban J connectivity index is 2.59. The average Bonchev–Trinajstić information content (AvgIpc) is 2.89. The second kappa shape index (κ2) is 2.88. The number of rotatable bonds is 1. The molecule has 0 heterocycles. The average molecular weight is 209 g/mol. The van der Waals surface area contributed by atoms with Crippen molar-refractivity contribution in [3.8, 4) is 11.8 Å². The molecule has 2 rings (SSSR count). The lowest BCUT2D eigenvalue weighted by Crippen LogP contribution is -2.19. The van der Waals surface area contributed by atoms with Crippen LogP contribution in [0.4, 0.5) is 0 Å². The van der Waals surface area contributed by atoms with Crippen LogP contribution in [-0.4, -0.2) is 5.11 Å². The Labute approximate surface area is 86.7 Å². The highest BCUT2D eigenvalue weighted by Crippen LogP contribution is 2.48. The zero-order valence-corrected chi connectivity index (χ0v) is 8.17. The van der Waals surface area contributed by atoms with E-state index in [1.165, 1.54) is 6.07 Å². The highest BCUT2D eigenvalue weighted by Gasteiger charge is 2.42. The number of benzene rings is 1. The maximum atomic E-state index is 9.67. The topological polar surface area (TPSA) is 70.0 Å². The third-order valence-electron chi connectivity index (χ3n) is 2.52. The number of phenolic OH excluding ortho intramolecular Hbond substituents is 1. The van der Waals surface area contributed by atoms with Gasteiger partial charge in [0.05, 0.1) is 16.7 Å². The van der Waals surface area contributed by atoms with Gasteiger partial charge in [0.25, 0.3) is 0 Å². The first-order valence-corrected chi connectivity index (χ1v) is 4.66. The maximum absolute atomic E-state index is 9.67. The molecule has 0 amide bonds. The fraction of sp³-hybridized carbons (Fsp3) is 0.300. The van der Waals surface area contributed by atoms with Gasteiger partial charge in [0.2, 0.25) is 0 Å². The SMILES string of the molecule is N#Cc1cc(Cl)c(O)c(C2(N)CC2)c1. The van der Waals surface area contributed by atoms with E-state index in [0.29, 0.717) is 11.1 Å². The summed E-state index contributed by atoms with van der Waals surface area (Å²) in [5.41, 5.74) is 6.48. The van der Waals surface area contributed by atoms with Gasteiger partial charge in [0, 0.05) is 11.1 Å². The Morgan fingerprint density at radius 1 is 1.50 bits per heavy atom. The molecule has 1 aliphatic carbocycles. The predicted octanol–water partition coefficient (Wildman–Crippen LogP) is 1.87. The molecule has 1 aromatic rings. The van der Waals surface area contributed by atoms with Gasteiger partial charge >= 0.3 is 0 Å². The number of nitrogens with zero attached hydrogens (tertiary/aromatic N) is 1. The number of phenols is 1. The van der Waals surface area contributed by atoms with E-state index in [0.717, 1.165) is 12.8 Å². The third-order valence-corrected chi connectivity index (χ3v) is 2.81. The Morgan fingerprint density at radius 3 is 2.64 bits per heavy atom. The second-order valence-corrected chi connectivity index (χ2v) is 4.03. The zero-order valence-electron chi connectivity index (χ0n) is 7.42. The van der Waals surface area contributed by atoms with Gasteiger partial charge in [-0.2, -0.15) is 5.26 Å². The first-order chi connectivity index (χ1) is 6.57. The molecule has 1 aliphatic rings. The summed E-state index contributed by atoms with van der Waals surface area (Å²) in [6.45, 7) is 0. The molecule has 3 N–H and O–H groups in total. The highest BCUT2D eigenvalue weighted by molar-refractivity contribution is 6.32. The van der Waals surface area contributed by atoms with Crippen LogP contribution in [0.2, 0.25) is 5.02 Å². The van der Waals surface area contributed by atoms with Crippen molar-refractivity contribution >= 4 is 11.6 Å². The minimum absolute atomic E-state index is 0.00525. The molecule has 1 aromatic carbocycles. The first-order valence-electron chi connectivity index (χ1n) is 4.29. The van der Waals surface area contributed by atoms with E-state index in [-0.39, 0.29) is 10.8 Å². The quantitative estimate of drug-likeness (QED) is 0.740. The van der Waals surface area contributed by atoms with Gasteiger partial charge in [0.1, 0.15) is 5.75 Å². The summed E-state index contributed by atoms with van der Waals surface area (Å²) in [6.07, 6.45) is 1.65. The Bertz CT molecular complexity index is 432. The van der Waals surface area contributed by atoms with Crippen LogP contribution in [0.15, 0.2) is 12.1 Å². The van der Waals surface area contributed by atoms with Crippen molar-refractivity contribution in [2.75, 3.05) is 0 Å². The summed E-state index contributed by atoms with van der Waals surface area (Å²) in [5, 5.41) is 18.6. The molecule has 0 spiro atoms. The van der Waals surface area contributed by atoms with Gasteiger partial charge in [-0.05, 0) is 25.0 Å². The van der Waals surface area contributed by atoms with Gasteiger partial charge in [0.15, 0.2) is 0 Å². The van der Waals surface area contributed by atoms with Crippen molar-refractivity contribution in [3.05, 3.63) is 28.3 Å². The van der Waals surface area contributed by atoms with Crippen LogP contribution in [-0.2, 0) is 5.54 Å². The Kier molecular flexibility index (Phi) is 1.91. The lowest BCUT2D eigenvalue weighted by Gasteiger charge is -2.12. The zero-order chi connectivity index (χ0) is 10.3. The van der Waals surface area contributed by atoms with E-state index in [1.807, 2.05) is 6.07 Å². The van der Waals surface area contributed by atoms with Crippen molar-refractivity contribution < 1.29 is 5.11 Å². The highest BCUT2D eigenvalue weighted by atomic mass is 35.5. The van der Waals surface area contributed by atoms with E-state index in [4.69, 9.17) is 22.6 Å². The Morgan fingerprint density at radius 2 is 2.14 bits per heavy atom. The standard InChI is InChI=1S/C10H9ClN2O/c11-8-4-6(5-12)3-7(9(8)14)10(13)1-2-10/h3-4,14H,1-2,13H2. The summed E-state index contributed by atoms with van der Waals surface area (Å²) in [7, 11) is 0. The van der Waals surface area contributed by atoms with Gasteiger partial charge in [-0.3, -0.25) is 0 Å². The second-order valence-electron chi connectivity index (χ2n) is 3.62. The molecule has 4 heteroatoms. The summed E-state index contributed by atoms with van der Waals surface area (Å²) >= 11 is 5.77. The molecule has 0 unspecified atom stereocenters. The predicted molar refractivity (Wildman–Crippen MR) is 52.9 cm³/mol. The summed E-state index contributed by atoms with van der Waals surface area (Å²) < 4.78 is 0. The smallest absolute Gasteiger partial charge is 0.139 e. The molecule has 72 valence electrons. The van der Waals surface area contributed by atoms with Crippen molar-refractivity contribution in [2.45, 2.75) is 18.4 Å². The molecule has 1 saturated carbocycles. The molecule has 14 heavy (non-hydrogen) atoms. The molecule has 3 nitrogen and oxygen atoms in total. The van der Waals surface area contributed by atoms with Crippen LogP contribution in [0.25, 0.3) is 0 Å². The van der Waals surface area contributed by atoms with Crippen LogP contribution in [0.3, 0.4) is 0 Å². The minimum Gasteiger partial charge on any atom is -0.506 e. The molecule has 0 radical (unpaired) electrons. The maximum Gasteiger partial charge on any atom is 0.139 e. The van der Waals surface area contributed by atoms with E-state index >= 15 is 0 Å². The van der Waals surface area contributed by atoms with E-state index in [1.54, 1.807) is 6.07 Å². The van der Waals surface area contributed by atoms with Gasteiger partial charge in [-0.15, -0.1) is 0 Å². The number of nitriles is 1. The van der Waals surface area contributed by atoms with Crippen LogP contribution >= 0.6 is 11.6 Å². The van der Waals surface area contributed by atoms with Crippen LogP contribution in [0.1, 0.15) is 24.0 Å². The molecular formula is C10H9ClN2O. The van der Waals surface area contributed by atoms with Crippen molar-refractivity contribution in [2.24, 2.45) is 5.73 Å². The van der Waals surface area contributed by atoms with Crippen molar-refractivity contribution in [1.82, 2.24) is 0 Å². The van der Waals surface area contributed by atoms with E-state index in [9.17, 15) is 5.11 Å². The number of aromatic hydroxyl groups is 1. The monoisotopic (exact) mass is 208 g/mol. The Hall–Kier alpha value is -1.24. The summed E-state index contributed by atoms with van der Waals surface area (Å²) in [6, 6.07) is 5.03. The first kappa shape index (κ1) is 9.32. The molecule has 0 aliphatic heterocycles. The fourth-order valence-corrected chi connectivity index (χ4v) is 1.67. The van der Waals surface area contributed by atoms with Crippen LogP contribution in [0.5, 0.6) is 5.75 Å². The number of hydrogen-bond acceptors (Lipinski definition) is 3. The lowest BCUT2D eigenvalue weighted by atomic mass is 10.0. The lowest BCUT2D eigenvalue weighted by molar-refractivity contribution is 0.460. The van der Waals surface area contributed by atoms with Crippen molar-refractivity contribution in [1.29, 1.82) is 5.26 Å². The molecular weight excluding hydrogens is 200 g/mol. The van der Waals surface area contributed by atoms with Gasteiger partial charge in [-0.25, -0.2) is 0 Å². The van der Waals surface area contributed by atoms with Gasteiger partial charge in [-0.1, -0.05) is 11.6 Å². The largest absolute Gasteiger partial charge is 0.506 e. The van der Waals surface area contributed by atoms with Crippen LogP contribution in [0, 0.1) is 11.3 Å². The van der Waals surface area contributed by atoms with Crippen molar-refractivity contribution in [3.63, 3.8) is 0 Å².